The Hall–Kier alpha value is -1.33. The van der Waals surface area contributed by atoms with E-state index in [1.807, 2.05) is 27.7 Å². The molecule has 1 radical (unpaired) electrons. The van der Waals surface area contributed by atoms with Crippen LogP contribution in [-0.2, 0) is 14.3 Å². The van der Waals surface area contributed by atoms with E-state index in [1.54, 1.807) is 0 Å². The molecule has 0 saturated carbocycles. The second kappa shape index (κ2) is 11.7. The molecule has 0 aromatic heterocycles. The van der Waals surface area contributed by atoms with E-state index < -0.39 is 11.7 Å². The van der Waals surface area contributed by atoms with Crippen molar-refractivity contribution in [3.8, 4) is 0 Å². The number of carbonyl (C=O) groups excluding carboxylic acids is 2. The second-order valence-electron chi connectivity index (χ2n) is 4.83. The van der Waals surface area contributed by atoms with E-state index in [-0.39, 0.29) is 5.78 Å². The van der Waals surface area contributed by atoms with Gasteiger partial charge in [0, 0.05) is 13.0 Å². The zero-order chi connectivity index (χ0) is 15.3. The van der Waals surface area contributed by atoms with Gasteiger partial charge in [0.25, 0.3) is 0 Å². The monoisotopic (exact) mass is 270 g/mol. The standard InChI is InChI=1S/C10H19NO3.C3H6BO/c1-8(12)6-5-7-11-9(13)14-10(2,3)4;1-2-5-3-4/h5-7H2,1-4H3,(H,11,13);3H,2H2,1H3. The van der Waals surface area contributed by atoms with Gasteiger partial charge in [-0.1, -0.05) is 0 Å². The summed E-state index contributed by atoms with van der Waals surface area (Å²) in [5.74, 6) is 0.135. The van der Waals surface area contributed by atoms with Crippen LogP contribution in [0, 0.1) is 0 Å². The average molecular weight is 270 g/mol. The van der Waals surface area contributed by atoms with E-state index in [2.05, 4.69) is 10.1 Å². The normalized spacial score (nSPS) is 9.68. The van der Waals surface area contributed by atoms with Gasteiger partial charge in [-0.15, -0.1) is 0 Å². The van der Waals surface area contributed by atoms with Gasteiger partial charge in [0.05, 0.1) is 0 Å². The Morgan fingerprint density at radius 2 is 1.89 bits per heavy atom. The number of ether oxygens (including phenoxy) is 2. The van der Waals surface area contributed by atoms with E-state index in [1.165, 1.54) is 13.1 Å². The molecule has 0 aromatic carbocycles. The zero-order valence-electron chi connectivity index (χ0n) is 12.6. The van der Waals surface area contributed by atoms with Gasteiger partial charge in [-0.05, 0) is 34.1 Å². The number of carbonyl (C=O) groups is 2. The van der Waals surface area contributed by atoms with Crippen LogP contribution in [0.5, 0.6) is 0 Å². The minimum absolute atomic E-state index is 0.135. The van der Waals surface area contributed by atoms with Crippen molar-refractivity contribution in [1.82, 2.24) is 5.32 Å². The van der Waals surface area contributed by atoms with Crippen molar-refractivity contribution in [3.05, 3.63) is 0 Å². The van der Waals surface area contributed by atoms with Crippen molar-refractivity contribution < 1.29 is 19.1 Å². The molecule has 0 aliphatic rings. The van der Waals surface area contributed by atoms with E-state index in [0.29, 0.717) is 26.0 Å². The maximum absolute atomic E-state index is 11.1. The number of nitrogens with one attached hydrogen (secondary N) is 1. The molecule has 0 spiro atoms. The molecule has 0 aliphatic carbocycles. The number of hydrogen-bond donors (Lipinski definition) is 1. The van der Waals surface area contributed by atoms with Crippen LogP contribution in [0.15, 0.2) is 0 Å². The quantitative estimate of drug-likeness (QED) is 0.590. The van der Waals surface area contributed by atoms with Crippen molar-refractivity contribution >= 4 is 25.5 Å². The van der Waals surface area contributed by atoms with E-state index in [9.17, 15) is 9.59 Å². The molecule has 0 bridgehead atoms. The molecular weight excluding hydrogens is 245 g/mol. The van der Waals surface area contributed by atoms with Crippen LogP contribution >= 0.6 is 0 Å². The van der Waals surface area contributed by atoms with Gasteiger partial charge in [-0.2, -0.15) is 0 Å². The predicted molar refractivity (Wildman–Crippen MR) is 77.6 cm³/mol. The Kier molecular flexibility index (Phi) is 12.4. The first-order chi connectivity index (χ1) is 8.72. The Bertz CT molecular complexity index is 274. The van der Waals surface area contributed by atoms with Crippen molar-refractivity contribution in [2.75, 3.05) is 13.2 Å². The first-order valence-electron chi connectivity index (χ1n) is 6.34. The van der Waals surface area contributed by atoms with Crippen LogP contribution in [0.1, 0.15) is 47.5 Å². The first-order valence-corrected chi connectivity index (χ1v) is 6.34. The summed E-state index contributed by atoms with van der Waals surface area (Å²) in [6, 6.07) is 0. The third-order valence-electron chi connectivity index (χ3n) is 1.64. The number of alkyl carbamates (subject to hydrolysis) is 1. The Morgan fingerprint density at radius 1 is 1.32 bits per heavy atom. The molecule has 0 fully saturated rings. The molecule has 6 heteroatoms. The van der Waals surface area contributed by atoms with Gasteiger partial charge in [0.1, 0.15) is 11.4 Å². The number of ketones is 1. The van der Waals surface area contributed by atoms with Crippen molar-refractivity contribution in [2.24, 2.45) is 0 Å². The second-order valence-corrected chi connectivity index (χ2v) is 4.83. The van der Waals surface area contributed by atoms with Gasteiger partial charge in [0.2, 0.25) is 0 Å². The summed E-state index contributed by atoms with van der Waals surface area (Å²) in [5, 5.41) is 2.58. The Balaban J connectivity index is 0. The molecule has 0 atom stereocenters. The molecule has 5 nitrogen and oxygen atoms in total. The number of Topliss-reactive ketones (excluding diaryl/α,β-unsaturated/α-hetero) is 1. The third-order valence-corrected chi connectivity index (χ3v) is 1.64. The number of rotatable bonds is 6. The van der Waals surface area contributed by atoms with Crippen LogP contribution < -0.4 is 5.32 Å². The SMILES string of the molecule is CC(=O)CCCNC(=O)OC(C)(C)C.[B]=COCC. The van der Waals surface area contributed by atoms with Crippen molar-refractivity contribution in [2.45, 2.75) is 53.1 Å². The van der Waals surface area contributed by atoms with Crippen LogP contribution in [0.4, 0.5) is 4.79 Å². The van der Waals surface area contributed by atoms with Crippen LogP contribution in [0.2, 0.25) is 0 Å². The van der Waals surface area contributed by atoms with Gasteiger partial charge in [-0.3, -0.25) is 0 Å². The van der Waals surface area contributed by atoms with E-state index in [4.69, 9.17) is 12.2 Å². The fourth-order valence-electron chi connectivity index (χ4n) is 0.938. The predicted octanol–water partition coefficient (Wildman–Crippen LogP) is 1.83. The molecule has 1 amide bonds. The van der Waals surface area contributed by atoms with Crippen molar-refractivity contribution in [3.63, 3.8) is 0 Å². The summed E-state index contributed by atoms with van der Waals surface area (Å²) in [5.41, 5.74) is -0.468. The minimum atomic E-state index is -0.468. The Labute approximate surface area is 117 Å². The van der Waals surface area contributed by atoms with Gasteiger partial charge in [0.15, 0.2) is 0 Å². The molecule has 0 aliphatic heterocycles. The number of amides is 1. The molecule has 19 heavy (non-hydrogen) atoms. The van der Waals surface area contributed by atoms with Gasteiger partial charge in [-0.25, -0.2) is 4.79 Å². The zero-order valence-corrected chi connectivity index (χ0v) is 12.6. The maximum atomic E-state index is 11.1. The van der Waals surface area contributed by atoms with Crippen LogP contribution in [0.3, 0.4) is 0 Å². The molecule has 1 N–H and O–H groups in total. The van der Waals surface area contributed by atoms with E-state index >= 15 is 0 Å². The third kappa shape index (κ3) is 22.4. The van der Waals surface area contributed by atoms with Crippen LogP contribution in [-0.4, -0.2) is 44.3 Å². The Morgan fingerprint density at radius 3 is 2.21 bits per heavy atom. The average Bonchev–Trinajstić information content (AvgIpc) is 2.24. The summed E-state index contributed by atoms with van der Waals surface area (Å²) in [6.07, 6.45) is 1.91. The molecule has 0 unspecified atom stereocenters. The summed E-state index contributed by atoms with van der Waals surface area (Å²) in [7, 11) is 4.79. The summed E-state index contributed by atoms with van der Waals surface area (Å²) in [4.78, 5) is 21.7. The fraction of sp³-hybridized carbons (Fsp3) is 0.769. The topological polar surface area (TPSA) is 64.6 Å². The molecule has 0 aromatic rings. The van der Waals surface area contributed by atoms with Crippen LogP contribution in [0.25, 0.3) is 0 Å². The molecular formula is C13H25BNO4. The fourth-order valence-corrected chi connectivity index (χ4v) is 0.938. The van der Waals surface area contributed by atoms with Crippen molar-refractivity contribution in [1.29, 1.82) is 0 Å². The summed E-state index contributed by atoms with van der Waals surface area (Å²) in [6.45, 7) is 9.98. The first kappa shape index (κ1) is 20.0. The molecule has 0 rings (SSSR count). The molecule has 0 heterocycles. The van der Waals surface area contributed by atoms with Gasteiger partial charge < -0.3 is 14.8 Å². The molecule has 0 saturated heterocycles. The summed E-state index contributed by atoms with van der Waals surface area (Å²) < 4.78 is 9.50. The van der Waals surface area contributed by atoms with E-state index in [0.717, 1.165) is 0 Å². The molecule has 109 valence electrons. The van der Waals surface area contributed by atoms with Gasteiger partial charge >= 0.3 is 38.0 Å². The summed E-state index contributed by atoms with van der Waals surface area (Å²) >= 11 is 0. The number of hydrogen-bond acceptors (Lipinski definition) is 4.